The molecule has 21 heavy (non-hydrogen) atoms. The van der Waals surface area contributed by atoms with E-state index in [-0.39, 0.29) is 6.42 Å². The number of carboxylic acid groups (broad SMARTS) is 1. The van der Waals surface area contributed by atoms with Gasteiger partial charge in [0.2, 0.25) is 0 Å². The number of hydrogen-bond donors (Lipinski definition) is 2. The molecule has 0 aliphatic heterocycles. The zero-order chi connectivity index (χ0) is 16.0. The second-order valence-electron chi connectivity index (χ2n) is 5.85. The number of hydrogen-bond acceptors (Lipinski definition) is 3. The van der Waals surface area contributed by atoms with Gasteiger partial charge >= 0.3 is 12.1 Å². The van der Waals surface area contributed by atoms with E-state index in [1.165, 1.54) is 0 Å². The Morgan fingerprint density at radius 3 is 2.43 bits per heavy atom. The molecule has 0 aliphatic carbocycles. The van der Waals surface area contributed by atoms with E-state index in [1.807, 2.05) is 31.2 Å². The first kappa shape index (κ1) is 17.0. The lowest BCUT2D eigenvalue weighted by Crippen LogP contribution is -2.36. The summed E-state index contributed by atoms with van der Waals surface area (Å²) in [5.41, 5.74) is 1.20. The molecule has 116 valence electrons. The van der Waals surface area contributed by atoms with Gasteiger partial charge < -0.3 is 15.2 Å². The Bertz CT molecular complexity index is 505. The maximum atomic E-state index is 11.9. The molecule has 1 atom stereocenters. The predicted molar refractivity (Wildman–Crippen MR) is 80.2 cm³/mol. The summed E-state index contributed by atoms with van der Waals surface area (Å²) in [5.74, 6) is -0.970. The summed E-state index contributed by atoms with van der Waals surface area (Å²) in [4.78, 5) is 23.0. The Morgan fingerprint density at radius 1 is 1.29 bits per heavy atom. The van der Waals surface area contributed by atoms with Crippen LogP contribution < -0.4 is 5.32 Å². The van der Waals surface area contributed by atoms with Gasteiger partial charge in [0, 0.05) is 0 Å². The lowest BCUT2D eigenvalue weighted by atomic mass is 9.96. The van der Waals surface area contributed by atoms with Crippen LogP contribution in [0.2, 0.25) is 0 Å². The van der Waals surface area contributed by atoms with Crippen molar-refractivity contribution in [2.75, 3.05) is 0 Å². The maximum Gasteiger partial charge on any atom is 0.408 e. The van der Waals surface area contributed by atoms with Crippen LogP contribution in [0.15, 0.2) is 24.3 Å². The average molecular weight is 293 g/mol. The van der Waals surface area contributed by atoms with Crippen LogP contribution in [0.3, 0.4) is 0 Å². The van der Waals surface area contributed by atoms with E-state index < -0.39 is 23.7 Å². The fourth-order valence-corrected chi connectivity index (χ4v) is 2.06. The second-order valence-corrected chi connectivity index (χ2v) is 5.85. The van der Waals surface area contributed by atoms with Crippen LogP contribution in [0.1, 0.15) is 51.3 Å². The summed E-state index contributed by atoms with van der Waals surface area (Å²) in [5, 5.41) is 11.7. The number of aliphatic carboxylic acids is 1. The SMILES string of the molecule is CCc1ccccc1[C@@H](CC(=O)O)NC(=O)OC(C)(C)C. The number of carbonyl (C=O) groups excluding carboxylic acids is 1. The van der Waals surface area contributed by atoms with E-state index in [4.69, 9.17) is 9.84 Å². The molecule has 1 aromatic carbocycles. The standard InChI is InChI=1S/C16H23NO4/c1-5-11-8-6-7-9-12(11)13(10-14(18)19)17-15(20)21-16(2,3)4/h6-9,13H,5,10H2,1-4H3,(H,17,20)(H,18,19)/t13-/m1/s1. The Kier molecular flexibility index (Phi) is 5.76. The fourth-order valence-electron chi connectivity index (χ4n) is 2.06. The molecule has 2 N–H and O–H groups in total. The van der Waals surface area contributed by atoms with E-state index in [0.717, 1.165) is 17.5 Å². The van der Waals surface area contributed by atoms with E-state index in [0.29, 0.717) is 0 Å². The van der Waals surface area contributed by atoms with Gasteiger partial charge in [0.1, 0.15) is 5.60 Å². The first-order chi connectivity index (χ1) is 9.73. The molecule has 5 nitrogen and oxygen atoms in total. The van der Waals surface area contributed by atoms with Crippen molar-refractivity contribution in [2.45, 2.75) is 52.2 Å². The van der Waals surface area contributed by atoms with Gasteiger partial charge in [-0.3, -0.25) is 4.79 Å². The molecule has 1 aromatic rings. The van der Waals surface area contributed by atoms with Crippen molar-refractivity contribution < 1.29 is 19.4 Å². The number of benzene rings is 1. The number of aryl methyl sites for hydroxylation is 1. The van der Waals surface area contributed by atoms with Crippen LogP contribution in [-0.2, 0) is 16.0 Å². The molecule has 1 rings (SSSR count). The Balaban J connectivity index is 2.95. The Hall–Kier alpha value is -2.04. The van der Waals surface area contributed by atoms with Crippen molar-refractivity contribution in [2.24, 2.45) is 0 Å². The summed E-state index contributed by atoms with van der Waals surface area (Å²) < 4.78 is 5.20. The number of nitrogens with one attached hydrogen (secondary N) is 1. The molecule has 0 aromatic heterocycles. The summed E-state index contributed by atoms with van der Waals surface area (Å²) in [6.07, 6.45) is -0.0295. The summed E-state index contributed by atoms with van der Waals surface area (Å²) in [6, 6.07) is 6.90. The Labute approximate surface area is 125 Å². The highest BCUT2D eigenvalue weighted by molar-refractivity contribution is 5.72. The highest BCUT2D eigenvalue weighted by Crippen LogP contribution is 2.22. The van der Waals surface area contributed by atoms with E-state index in [2.05, 4.69) is 5.32 Å². The first-order valence-electron chi connectivity index (χ1n) is 7.02. The van der Waals surface area contributed by atoms with Crippen LogP contribution >= 0.6 is 0 Å². The van der Waals surface area contributed by atoms with Crippen molar-refractivity contribution in [3.8, 4) is 0 Å². The van der Waals surface area contributed by atoms with Gasteiger partial charge in [0.15, 0.2) is 0 Å². The lowest BCUT2D eigenvalue weighted by molar-refractivity contribution is -0.137. The number of alkyl carbamates (subject to hydrolysis) is 1. The monoisotopic (exact) mass is 293 g/mol. The van der Waals surface area contributed by atoms with Crippen LogP contribution in [-0.4, -0.2) is 22.8 Å². The highest BCUT2D eigenvalue weighted by Gasteiger charge is 2.23. The predicted octanol–water partition coefficient (Wildman–Crippen LogP) is 3.29. The number of carboxylic acids is 1. The van der Waals surface area contributed by atoms with Gasteiger partial charge in [-0.2, -0.15) is 0 Å². The molecule has 1 amide bonds. The third-order valence-electron chi connectivity index (χ3n) is 2.88. The van der Waals surface area contributed by atoms with Crippen LogP contribution in [0, 0.1) is 0 Å². The van der Waals surface area contributed by atoms with Gasteiger partial charge in [0.25, 0.3) is 0 Å². The molecule has 0 unspecified atom stereocenters. The quantitative estimate of drug-likeness (QED) is 0.873. The molecule has 0 heterocycles. The molecule has 0 bridgehead atoms. The fraction of sp³-hybridized carbons (Fsp3) is 0.500. The average Bonchev–Trinajstić information content (AvgIpc) is 2.35. The minimum Gasteiger partial charge on any atom is -0.481 e. The van der Waals surface area contributed by atoms with Gasteiger partial charge in [-0.25, -0.2) is 4.79 Å². The van der Waals surface area contributed by atoms with Gasteiger partial charge in [-0.05, 0) is 38.3 Å². The smallest absolute Gasteiger partial charge is 0.408 e. The molecule has 0 saturated heterocycles. The zero-order valence-corrected chi connectivity index (χ0v) is 13.0. The third-order valence-corrected chi connectivity index (χ3v) is 2.88. The van der Waals surface area contributed by atoms with Crippen molar-refractivity contribution in [3.63, 3.8) is 0 Å². The summed E-state index contributed by atoms with van der Waals surface area (Å²) in [7, 11) is 0. The molecule has 0 radical (unpaired) electrons. The van der Waals surface area contributed by atoms with Crippen LogP contribution in [0.4, 0.5) is 4.79 Å². The van der Waals surface area contributed by atoms with E-state index in [9.17, 15) is 9.59 Å². The third kappa shape index (κ3) is 5.85. The summed E-state index contributed by atoms with van der Waals surface area (Å²) >= 11 is 0. The zero-order valence-electron chi connectivity index (χ0n) is 13.0. The van der Waals surface area contributed by atoms with Crippen molar-refractivity contribution in [3.05, 3.63) is 35.4 Å². The molecule has 5 heteroatoms. The number of rotatable bonds is 5. The molecule has 0 aliphatic rings. The van der Waals surface area contributed by atoms with Crippen molar-refractivity contribution in [1.82, 2.24) is 5.32 Å². The molecular weight excluding hydrogens is 270 g/mol. The molecule has 0 saturated carbocycles. The number of amides is 1. The Morgan fingerprint density at radius 2 is 1.90 bits per heavy atom. The highest BCUT2D eigenvalue weighted by atomic mass is 16.6. The number of ether oxygens (including phenoxy) is 1. The van der Waals surface area contributed by atoms with E-state index >= 15 is 0 Å². The van der Waals surface area contributed by atoms with Crippen molar-refractivity contribution in [1.29, 1.82) is 0 Å². The molecular formula is C16H23NO4. The van der Waals surface area contributed by atoms with Gasteiger partial charge in [-0.1, -0.05) is 31.2 Å². The topological polar surface area (TPSA) is 75.6 Å². The molecule has 0 spiro atoms. The summed E-state index contributed by atoms with van der Waals surface area (Å²) in [6.45, 7) is 7.28. The minimum absolute atomic E-state index is 0.184. The first-order valence-corrected chi connectivity index (χ1v) is 7.02. The van der Waals surface area contributed by atoms with E-state index in [1.54, 1.807) is 20.8 Å². The largest absolute Gasteiger partial charge is 0.481 e. The molecule has 0 fully saturated rings. The lowest BCUT2D eigenvalue weighted by Gasteiger charge is -2.24. The van der Waals surface area contributed by atoms with Gasteiger partial charge in [0.05, 0.1) is 12.5 Å². The second kappa shape index (κ2) is 7.11. The number of carbonyl (C=O) groups is 2. The van der Waals surface area contributed by atoms with Gasteiger partial charge in [-0.15, -0.1) is 0 Å². The van der Waals surface area contributed by atoms with Crippen LogP contribution in [0.5, 0.6) is 0 Å². The van der Waals surface area contributed by atoms with Crippen molar-refractivity contribution >= 4 is 12.1 Å². The van der Waals surface area contributed by atoms with Crippen LogP contribution in [0.25, 0.3) is 0 Å². The normalized spacial score (nSPS) is 12.6. The maximum absolute atomic E-state index is 11.9. The minimum atomic E-state index is -0.970.